The molecule has 0 saturated heterocycles. The monoisotopic (exact) mass is 298 g/mol. The molecule has 0 spiro atoms. The van der Waals surface area contributed by atoms with Gasteiger partial charge in [-0.1, -0.05) is 35.0 Å². The lowest BCUT2D eigenvalue weighted by Gasteiger charge is -2.21. The van der Waals surface area contributed by atoms with E-state index in [9.17, 15) is 4.79 Å². The van der Waals surface area contributed by atoms with Gasteiger partial charge in [-0.15, -0.1) is 0 Å². The molecule has 0 heterocycles. The molecule has 1 amide bonds. The third-order valence-corrected chi connectivity index (χ3v) is 3.20. The fraction of sp³-hybridized carbons (Fsp3) is 0.462. The zero-order valence-electron chi connectivity index (χ0n) is 10.3. The SMILES string of the molecule is CC(CCN)C(=O)N(C)Cc1cccc(Br)c1. The molecule has 2 N–H and O–H groups in total. The number of hydrogen-bond donors (Lipinski definition) is 1. The Morgan fingerprint density at radius 3 is 2.82 bits per heavy atom. The number of carbonyl (C=O) groups is 1. The Kier molecular flexibility index (Phi) is 5.65. The van der Waals surface area contributed by atoms with Crippen molar-refractivity contribution in [3.63, 3.8) is 0 Å². The van der Waals surface area contributed by atoms with Crippen LogP contribution in [0.1, 0.15) is 18.9 Å². The van der Waals surface area contributed by atoms with Gasteiger partial charge in [0.05, 0.1) is 0 Å². The second kappa shape index (κ2) is 6.77. The van der Waals surface area contributed by atoms with Gasteiger partial charge in [-0.25, -0.2) is 0 Å². The summed E-state index contributed by atoms with van der Waals surface area (Å²) in [5.41, 5.74) is 6.58. The summed E-state index contributed by atoms with van der Waals surface area (Å²) in [6.07, 6.45) is 0.738. The van der Waals surface area contributed by atoms with Gasteiger partial charge in [0, 0.05) is 24.0 Å². The van der Waals surface area contributed by atoms with Gasteiger partial charge in [-0.05, 0) is 30.7 Å². The van der Waals surface area contributed by atoms with Crippen LogP contribution < -0.4 is 5.73 Å². The predicted molar refractivity (Wildman–Crippen MR) is 73.5 cm³/mol. The number of benzene rings is 1. The molecule has 0 aliphatic rings. The normalized spacial score (nSPS) is 12.2. The van der Waals surface area contributed by atoms with E-state index in [-0.39, 0.29) is 11.8 Å². The van der Waals surface area contributed by atoms with E-state index in [4.69, 9.17) is 5.73 Å². The minimum Gasteiger partial charge on any atom is -0.341 e. The second-order valence-corrected chi connectivity index (χ2v) is 5.22. The lowest BCUT2D eigenvalue weighted by atomic mass is 10.1. The maximum absolute atomic E-state index is 12.0. The van der Waals surface area contributed by atoms with Crippen molar-refractivity contribution in [2.75, 3.05) is 13.6 Å². The van der Waals surface area contributed by atoms with Crippen molar-refractivity contribution in [1.29, 1.82) is 0 Å². The van der Waals surface area contributed by atoms with Crippen LogP contribution in [0.4, 0.5) is 0 Å². The van der Waals surface area contributed by atoms with E-state index >= 15 is 0 Å². The summed E-state index contributed by atoms with van der Waals surface area (Å²) in [5, 5.41) is 0. The molecule has 0 aromatic heterocycles. The van der Waals surface area contributed by atoms with Crippen LogP contribution in [0.3, 0.4) is 0 Å². The van der Waals surface area contributed by atoms with E-state index in [1.54, 1.807) is 4.90 Å². The van der Waals surface area contributed by atoms with Crippen molar-refractivity contribution in [2.45, 2.75) is 19.9 Å². The van der Waals surface area contributed by atoms with Crippen LogP contribution in [-0.4, -0.2) is 24.4 Å². The lowest BCUT2D eigenvalue weighted by molar-refractivity contribution is -0.134. The molecular formula is C13H19BrN2O. The van der Waals surface area contributed by atoms with Crippen molar-refractivity contribution in [3.8, 4) is 0 Å². The van der Waals surface area contributed by atoms with E-state index in [2.05, 4.69) is 15.9 Å². The van der Waals surface area contributed by atoms with Crippen molar-refractivity contribution in [2.24, 2.45) is 11.7 Å². The molecule has 1 aromatic rings. The van der Waals surface area contributed by atoms with E-state index in [1.165, 1.54) is 0 Å². The number of nitrogens with two attached hydrogens (primary N) is 1. The highest BCUT2D eigenvalue weighted by Crippen LogP contribution is 2.14. The number of rotatable bonds is 5. The molecule has 1 rings (SSSR count). The van der Waals surface area contributed by atoms with Crippen LogP contribution in [0, 0.1) is 5.92 Å². The minimum absolute atomic E-state index is 0.00264. The first-order valence-corrected chi connectivity index (χ1v) is 6.53. The standard InChI is InChI=1S/C13H19BrN2O/c1-10(6-7-15)13(17)16(2)9-11-4-3-5-12(14)8-11/h3-5,8,10H,6-7,9,15H2,1-2H3. The van der Waals surface area contributed by atoms with Gasteiger partial charge in [0.25, 0.3) is 0 Å². The van der Waals surface area contributed by atoms with E-state index in [1.807, 2.05) is 38.2 Å². The van der Waals surface area contributed by atoms with E-state index in [0.717, 1.165) is 16.5 Å². The average Bonchev–Trinajstić information content (AvgIpc) is 2.28. The first-order chi connectivity index (χ1) is 8.04. The van der Waals surface area contributed by atoms with Crippen molar-refractivity contribution in [3.05, 3.63) is 34.3 Å². The van der Waals surface area contributed by atoms with Gasteiger partial charge in [0.15, 0.2) is 0 Å². The summed E-state index contributed by atoms with van der Waals surface area (Å²) in [6, 6.07) is 7.99. The summed E-state index contributed by atoms with van der Waals surface area (Å²) in [4.78, 5) is 13.7. The number of amides is 1. The third-order valence-electron chi connectivity index (χ3n) is 2.71. The third kappa shape index (κ3) is 4.48. The summed E-state index contributed by atoms with van der Waals surface area (Å²) >= 11 is 3.42. The van der Waals surface area contributed by atoms with Gasteiger partial charge in [0.2, 0.25) is 5.91 Å². The molecule has 0 aliphatic carbocycles. The Hall–Kier alpha value is -0.870. The molecule has 17 heavy (non-hydrogen) atoms. The summed E-state index contributed by atoms with van der Waals surface area (Å²) in [6.45, 7) is 3.11. The van der Waals surface area contributed by atoms with Crippen LogP contribution in [0.25, 0.3) is 0 Å². The van der Waals surface area contributed by atoms with Gasteiger partial charge in [-0.3, -0.25) is 4.79 Å². The highest BCUT2D eigenvalue weighted by molar-refractivity contribution is 9.10. The second-order valence-electron chi connectivity index (χ2n) is 4.30. The Bertz CT molecular complexity index is 381. The highest BCUT2D eigenvalue weighted by atomic mass is 79.9. The first kappa shape index (κ1) is 14.2. The highest BCUT2D eigenvalue weighted by Gasteiger charge is 2.16. The molecule has 0 fully saturated rings. The molecule has 1 atom stereocenters. The Morgan fingerprint density at radius 1 is 1.53 bits per heavy atom. The number of carbonyl (C=O) groups excluding carboxylic acids is 1. The molecule has 4 heteroatoms. The summed E-state index contributed by atoms with van der Waals surface area (Å²) in [5.74, 6) is 0.146. The lowest BCUT2D eigenvalue weighted by Crippen LogP contribution is -2.32. The molecule has 0 saturated carbocycles. The van der Waals surface area contributed by atoms with Crippen LogP contribution in [-0.2, 0) is 11.3 Å². The Labute approximate surface area is 111 Å². The van der Waals surface area contributed by atoms with Crippen LogP contribution in [0.2, 0.25) is 0 Å². The predicted octanol–water partition coefficient (Wildman–Crippen LogP) is 2.39. The Balaban J connectivity index is 2.59. The van der Waals surface area contributed by atoms with Crippen molar-refractivity contribution < 1.29 is 4.79 Å². The molecule has 94 valence electrons. The average molecular weight is 299 g/mol. The minimum atomic E-state index is -0.00264. The molecule has 0 aliphatic heterocycles. The summed E-state index contributed by atoms with van der Waals surface area (Å²) < 4.78 is 1.03. The van der Waals surface area contributed by atoms with Gasteiger partial charge in [-0.2, -0.15) is 0 Å². The largest absolute Gasteiger partial charge is 0.341 e. The molecule has 3 nitrogen and oxygen atoms in total. The smallest absolute Gasteiger partial charge is 0.225 e. The Morgan fingerprint density at radius 2 is 2.24 bits per heavy atom. The van der Waals surface area contributed by atoms with Crippen LogP contribution >= 0.6 is 15.9 Å². The fourth-order valence-electron chi connectivity index (χ4n) is 1.74. The zero-order chi connectivity index (χ0) is 12.8. The maximum Gasteiger partial charge on any atom is 0.225 e. The topological polar surface area (TPSA) is 46.3 Å². The number of hydrogen-bond acceptors (Lipinski definition) is 2. The zero-order valence-corrected chi connectivity index (χ0v) is 11.9. The van der Waals surface area contributed by atoms with Crippen LogP contribution in [0.5, 0.6) is 0 Å². The molecule has 0 bridgehead atoms. The number of nitrogens with zero attached hydrogens (tertiary/aromatic N) is 1. The summed E-state index contributed by atoms with van der Waals surface area (Å²) in [7, 11) is 1.83. The van der Waals surface area contributed by atoms with Crippen molar-refractivity contribution in [1.82, 2.24) is 4.90 Å². The molecule has 1 aromatic carbocycles. The van der Waals surface area contributed by atoms with E-state index in [0.29, 0.717) is 13.1 Å². The van der Waals surface area contributed by atoms with Crippen molar-refractivity contribution >= 4 is 21.8 Å². The molecular weight excluding hydrogens is 280 g/mol. The van der Waals surface area contributed by atoms with E-state index < -0.39 is 0 Å². The molecule has 1 unspecified atom stereocenters. The van der Waals surface area contributed by atoms with Gasteiger partial charge in [0.1, 0.15) is 0 Å². The number of halogens is 1. The van der Waals surface area contributed by atoms with Gasteiger partial charge < -0.3 is 10.6 Å². The quantitative estimate of drug-likeness (QED) is 0.907. The van der Waals surface area contributed by atoms with Crippen LogP contribution in [0.15, 0.2) is 28.7 Å². The maximum atomic E-state index is 12.0. The fourth-order valence-corrected chi connectivity index (χ4v) is 2.18. The van der Waals surface area contributed by atoms with Gasteiger partial charge >= 0.3 is 0 Å². The molecule has 0 radical (unpaired) electrons. The first-order valence-electron chi connectivity index (χ1n) is 5.74.